The van der Waals surface area contributed by atoms with E-state index in [1.807, 2.05) is 6.07 Å². The number of amides is 1. The van der Waals surface area contributed by atoms with Gasteiger partial charge in [0, 0.05) is 37.9 Å². The molecule has 2 fully saturated rings. The van der Waals surface area contributed by atoms with Crippen molar-refractivity contribution in [2.75, 3.05) is 38.1 Å². The number of rotatable bonds is 4. The summed E-state index contributed by atoms with van der Waals surface area (Å²) in [7, 11) is 2.11. The molecule has 1 N–H and O–H groups in total. The third-order valence-corrected chi connectivity index (χ3v) is 4.35. The van der Waals surface area contributed by atoms with E-state index in [1.54, 1.807) is 12.3 Å². The second-order valence-electron chi connectivity index (χ2n) is 6.11. The van der Waals surface area contributed by atoms with Crippen molar-refractivity contribution in [3.8, 4) is 6.07 Å². The Morgan fingerprint density at radius 2 is 2.14 bits per heavy atom. The highest BCUT2D eigenvalue weighted by Crippen LogP contribution is 2.32. The first-order chi connectivity index (χ1) is 10.7. The number of nitrogens with zero attached hydrogens (tertiary/aromatic N) is 4. The molecule has 0 bridgehead atoms. The van der Waals surface area contributed by atoms with Gasteiger partial charge in [-0.3, -0.25) is 4.79 Å². The van der Waals surface area contributed by atoms with Crippen LogP contribution in [0.5, 0.6) is 0 Å². The molecule has 2 heterocycles. The number of anilines is 1. The molecule has 0 spiro atoms. The van der Waals surface area contributed by atoms with Crippen molar-refractivity contribution in [3.63, 3.8) is 0 Å². The molecule has 2 aliphatic rings. The summed E-state index contributed by atoms with van der Waals surface area (Å²) in [4.78, 5) is 21.2. The number of carbonyl (C=O) groups excluding carboxylic acids is 1. The maximum Gasteiger partial charge on any atom is 0.252 e. The van der Waals surface area contributed by atoms with Crippen LogP contribution in [0, 0.1) is 17.2 Å². The van der Waals surface area contributed by atoms with Crippen LogP contribution in [0.2, 0.25) is 0 Å². The van der Waals surface area contributed by atoms with E-state index in [4.69, 9.17) is 5.26 Å². The Labute approximate surface area is 130 Å². The smallest absolute Gasteiger partial charge is 0.252 e. The van der Waals surface area contributed by atoms with E-state index in [-0.39, 0.29) is 11.9 Å². The summed E-state index contributed by atoms with van der Waals surface area (Å²) in [6.07, 6.45) is 3.73. The zero-order valence-corrected chi connectivity index (χ0v) is 12.8. The number of nitriles is 1. The highest BCUT2D eigenvalue weighted by molar-refractivity contribution is 5.95. The minimum atomic E-state index is -0.368. The van der Waals surface area contributed by atoms with Gasteiger partial charge in [-0.15, -0.1) is 0 Å². The van der Waals surface area contributed by atoms with Crippen molar-refractivity contribution < 1.29 is 4.79 Å². The third kappa shape index (κ3) is 3.37. The molecule has 1 saturated carbocycles. The Balaban J connectivity index is 1.68. The van der Waals surface area contributed by atoms with Crippen molar-refractivity contribution in [3.05, 3.63) is 23.9 Å². The lowest BCUT2D eigenvalue weighted by atomic mass is 10.1. The molecule has 1 aliphatic carbocycles. The van der Waals surface area contributed by atoms with Crippen LogP contribution in [0.1, 0.15) is 23.2 Å². The summed E-state index contributed by atoms with van der Waals surface area (Å²) >= 11 is 0. The van der Waals surface area contributed by atoms with Crippen LogP contribution in [-0.4, -0.2) is 55.1 Å². The second-order valence-corrected chi connectivity index (χ2v) is 6.11. The summed E-state index contributed by atoms with van der Waals surface area (Å²) < 4.78 is 0. The molecule has 6 nitrogen and oxygen atoms in total. The van der Waals surface area contributed by atoms with E-state index in [0.717, 1.165) is 44.8 Å². The molecular weight excluding hydrogens is 278 g/mol. The van der Waals surface area contributed by atoms with E-state index in [9.17, 15) is 4.79 Å². The number of hydrogen-bond acceptors (Lipinski definition) is 5. The summed E-state index contributed by atoms with van der Waals surface area (Å²) in [5, 5.41) is 12.0. The topological polar surface area (TPSA) is 72.3 Å². The fourth-order valence-electron chi connectivity index (χ4n) is 2.68. The molecule has 1 aliphatic heterocycles. The molecule has 22 heavy (non-hydrogen) atoms. The minimum absolute atomic E-state index is 0.184. The van der Waals surface area contributed by atoms with Crippen molar-refractivity contribution in [1.29, 1.82) is 5.26 Å². The van der Waals surface area contributed by atoms with E-state index in [2.05, 4.69) is 33.2 Å². The fourth-order valence-corrected chi connectivity index (χ4v) is 2.68. The summed E-state index contributed by atoms with van der Waals surface area (Å²) in [5.41, 5.74) is 0.574. The van der Waals surface area contributed by atoms with Crippen molar-refractivity contribution in [2.24, 2.45) is 5.92 Å². The van der Waals surface area contributed by atoms with Gasteiger partial charge in [0.25, 0.3) is 5.91 Å². The predicted molar refractivity (Wildman–Crippen MR) is 83.5 cm³/mol. The first kappa shape index (κ1) is 14.8. The van der Waals surface area contributed by atoms with Crippen LogP contribution in [-0.2, 0) is 0 Å². The monoisotopic (exact) mass is 299 g/mol. The summed E-state index contributed by atoms with van der Waals surface area (Å²) in [6, 6.07) is 5.34. The lowest BCUT2D eigenvalue weighted by Gasteiger charge is -2.33. The van der Waals surface area contributed by atoms with Gasteiger partial charge in [-0.2, -0.15) is 5.26 Å². The lowest BCUT2D eigenvalue weighted by Crippen LogP contribution is -2.45. The highest BCUT2D eigenvalue weighted by atomic mass is 16.1. The standard InChI is InChI=1S/C16H21N5O/c1-20-6-8-21(9-7-20)15-10-13(4-5-18-15)16(22)19-14(11-17)12-2-3-12/h4-5,10,12,14H,2-3,6-9H2,1H3,(H,19,22)/t14-/m1/s1. The van der Waals surface area contributed by atoms with Crippen LogP contribution < -0.4 is 10.2 Å². The van der Waals surface area contributed by atoms with Gasteiger partial charge in [-0.25, -0.2) is 4.98 Å². The summed E-state index contributed by atoms with van der Waals surface area (Å²) in [6.45, 7) is 3.82. The van der Waals surface area contributed by atoms with Gasteiger partial charge in [0.2, 0.25) is 0 Å². The van der Waals surface area contributed by atoms with Crippen molar-refractivity contribution >= 4 is 11.7 Å². The molecule has 0 aromatic carbocycles. The van der Waals surface area contributed by atoms with Crippen LogP contribution in [0.4, 0.5) is 5.82 Å². The molecule has 0 radical (unpaired) electrons. The average molecular weight is 299 g/mol. The largest absolute Gasteiger partial charge is 0.354 e. The molecule has 1 aromatic heterocycles. The molecule has 1 aromatic rings. The number of nitrogens with one attached hydrogen (secondary N) is 1. The van der Waals surface area contributed by atoms with Crippen LogP contribution in [0.3, 0.4) is 0 Å². The second kappa shape index (κ2) is 6.32. The Hall–Kier alpha value is -2.13. The third-order valence-electron chi connectivity index (χ3n) is 4.35. The Morgan fingerprint density at radius 1 is 1.41 bits per heavy atom. The number of likely N-dealkylation sites (N-methyl/N-ethyl adjacent to an activating group) is 1. The average Bonchev–Trinajstić information content (AvgIpc) is 3.38. The Morgan fingerprint density at radius 3 is 2.77 bits per heavy atom. The SMILES string of the molecule is CN1CCN(c2cc(C(=O)N[C@H](C#N)C3CC3)ccn2)CC1. The number of pyridine rings is 1. The number of aromatic nitrogens is 1. The molecule has 116 valence electrons. The van der Waals surface area contributed by atoms with Gasteiger partial charge >= 0.3 is 0 Å². The highest BCUT2D eigenvalue weighted by Gasteiger charge is 2.32. The van der Waals surface area contributed by atoms with Gasteiger partial charge < -0.3 is 15.1 Å². The van der Waals surface area contributed by atoms with Gasteiger partial charge in [0.05, 0.1) is 6.07 Å². The Bertz CT molecular complexity index is 584. The maximum absolute atomic E-state index is 12.3. The lowest BCUT2D eigenvalue weighted by molar-refractivity contribution is 0.0942. The fraction of sp³-hybridized carbons (Fsp3) is 0.562. The molecule has 1 atom stereocenters. The van der Waals surface area contributed by atoms with E-state index in [0.29, 0.717) is 11.5 Å². The molecule has 1 amide bonds. The van der Waals surface area contributed by atoms with E-state index >= 15 is 0 Å². The van der Waals surface area contributed by atoms with Crippen LogP contribution >= 0.6 is 0 Å². The molecule has 0 unspecified atom stereocenters. The first-order valence-corrected chi connectivity index (χ1v) is 7.77. The zero-order valence-electron chi connectivity index (χ0n) is 12.8. The van der Waals surface area contributed by atoms with Gasteiger partial charge in [-0.05, 0) is 37.9 Å². The normalized spacial score (nSPS) is 20.3. The molecule has 6 heteroatoms. The van der Waals surface area contributed by atoms with Gasteiger partial charge in [0.1, 0.15) is 11.9 Å². The van der Waals surface area contributed by atoms with Crippen molar-refractivity contribution in [2.45, 2.75) is 18.9 Å². The number of carbonyl (C=O) groups is 1. The minimum Gasteiger partial charge on any atom is -0.354 e. The molecular formula is C16H21N5O. The first-order valence-electron chi connectivity index (χ1n) is 7.77. The van der Waals surface area contributed by atoms with Crippen molar-refractivity contribution in [1.82, 2.24) is 15.2 Å². The zero-order chi connectivity index (χ0) is 15.5. The quantitative estimate of drug-likeness (QED) is 0.893. The predicted octanol–water partition coefficient (Wildman–Crippen LogP) is 0.865. The van der Waals surface area contributed by atoms with E-state index in [1.165, 1.54) is 0 Å². The summed E-state index contributed by atoms with van der Waals surface area (Å²) in [5.74, 6) is 0.977. The number of piperazine rings is 1. The molecule has 1 saturated heterocycles. The van der Waals surface area contributed by atoms with Crippen LogP contribution in [0.15, 0.2) is 18.3 Å². The number of hydrogen-bond donors (Lipinski definition) is 1. The molecule has 3 rings (SSSR count). The van der Waals surface area contributed by atoms with E-state index < -0.39 is 0 Å². The van der Waals surface area contributed by atoms with Gasteiger partial charge in [0.15, 0.2) is 0 Å². The van der Waals surface area contributed by atoms with Crippen LogP contribution in [0.25, 0.3) is 0 Å². The van der Waals surface area contributed by atoms with Gasteiger partial charge in [-0.1, -0.05) is 0 Å². The maximum atomic E-state index is 12.3. The Kier molecular flexibility index (Phi) is 4.25.